The average molecular weight is 502 g/mol. The first-order valence-electron chi connectivity index (χ1n) is 10.3. The number of rotatable bonds is 3. The number of carbonyl (C=O) groups is 2. The van der Waals surface area contributed by atoms with Crippen LogP contribution in [0.5, 0.6) is 0 Å². The van der Waals surface area contributed by atoms with E-state index in [0.717, 1.165) is 26.6 Å². The van der Waals surface area contributed by atoms with Crippen LogP contribution in [0.2, 0.25) is 10.0 Å². The summed E-state index contributed by atoms with van der Waals surface area (Å²) in [7, 11) is 0. The molecule has 34 heavy (non-hydrogen) atoms. The van der Waals surface area contributed by atoms with Crippen molar-refractivity contribution in [2.75, 3.05) is 0 Å². The summed E-state index contributed by atoms with van der Waals surface area (Å²) in [5, 5.41) is 1.32. The molecule has 0 saturated carbocycles. The Bertz CT molecular complexity index is 1610. The second kappa shape index (κ2) is 8.02. The van der Waals surface area contributed by atoms with E-state index in [1.807, 2.05) is 53.1 Å². The number of thiazole rings is 1. The number of Topliss-reactive ketones (excluding diaryl/α,β-unsaturated/α-hetero) is 2. The number of pyridine rings is 1. The second-order valence-electron chi connectivity index (χ2n) is 7.72. The van der Waals surface area contributed by atoms with Crippen LogP contribution < -0.4 is 0 Å². The van der Waals surface area contributed by atoms with Gasteiger partial charge in [0.05, 0.1) is 26.0 Å². The third-order valence-electron chi connectivity index (χ3n) is 5.64. The molecule has 0 fully saturated rings. The van der Waals surface area contributed by atoms with Crippen LogP contribution in [0.4, 0.5) is 0 Å². The number of allylic oxidation sites excluding steroid dienone is 1. The van der Waals surface area contributed by atoms with E-state index in [4.69, 9.17) is 28.2 Å². The van der Waals surface area contributed by atoms with E-state index < -0.39 is 0 Å². The normalized spacial score (nSPS) is 13.1. The summed E-state index contributed by atoms with van der Waals surface area (Å²) < 4.78 is 2.87. The summed E-state index contributed by atoms with van der Waals surface area (Å²) in [4.78, 5) is 35.2. The number of hydrogen-bond donors (Lipinski definition) is 0. The van der Waals surface area contributed by atoms with Crippen molar-refractivity contribution >= 4 is 62.5 Å². The molecule has 0 spiro atoms. The third-order valence-corrected chi connectivity index (χ3v) is 7.40. The number of carbonyl (C=O) groups excluding carboxylic acids is 2. The lowest BCUT2D eigenvalue weighted by molar-refractivity contribution is 0.0990. The van der Waals surface area contributed by atoms with Crippen molar-refractivity contribution in [2.24, 2.45) is 0 Å². The van der Waals surface area contributed by atoms with Gasteiger partial charge in [-0.25, -0.2) is 4.98 Å². The first kappa shape index (κ1) is 21.0. The monoisotopic (exact) mass is 501 g/mol. The number of hydrogen-bond acceptors (Lipinski definition) is 5. The Labute approximate surface area is 207 Å². The molecule has 5 aromatic rings. The summed E-state index contributed by atoms with van der Waals surface area (Å²) in [6.45, 7) is 0. The van der Waals surface area contributed by atoms with Crippen LogP contribution in [0.15, 0.2) is 78.6 Å². The van der Waals surface area contributed by atoms with Crippen LogP contribution in [0.3, 0.4) is 0 Å². The summed E-state index contributed by atoms with van der Waals surface area (Å²) in [5.74, 6) is -0.738. The van der Waals surface area contributed by atoms with Crippen LogP contribution in [0, 0.1) is 0 Å². The molecule has 0 aliphatic heterocycles. The number of aromatic nitrogens is 3. The molecule has 0 radical (unpaired) electrons. The van der Waals surface area contributed by atoms with Gasteiger partial charge in [0, 0.05) is 34.8 Å². The Morgan fingerprint density at radius 1 is 0.882 bits per heavy atom. The molecule has 6 rings (SSSR count). The van der Waals surface area contributed by atoms with Crippen LogP contribution in [0.25, 0.3) is 32.7 Å². The number of para-hydroxylation sites is 1. The number of ketones is 2. The fraction of sp³-hybridized carbons (Fsp3) is 0. The molecule has 164 valence electrons. The Balaban J connectivity index is 1.54. The fourth-order valence-electron chi connectivity index (χ4n) is 4.06. The van der Waals surface area contributed by atoms with Gasteiger partial charge in [-0.3, -0.25) is 19.1 Å². The Hall–Kier alpha value is -3.58. The molecule has 3 heterocycles. The van der Waals surface area contributed by atoms with E-state index in [2.05, 4.69) is 4.98 Å². The van der Waals surface area contributed by atoms with E-state index in [-0.39, 0.29) is 38.3 Å². The maximum absolute atomic E-state index is 13.1. The maximum atomic E-state index is 13.1. The van der Waals surface area contributed by atoms with Crippen molar-refractivity contribution in [3.8, 4) is 16.3 Å². The highest BCUT2D eigenvalue weighted by Crippen LogP contribution is 2.37. The molecule has 0 unspecified atom stereocenters. The fourth-order valence-corrected chi connectivity index (χ4v) is 5.38. The van der Waals surface area contributed by atoms with Gasteiger partial charge in [-0.05, 0) is 48.5 Å². The van der Waals surface area contributed by atoms with Crippen LogP contribution in [-0.4, -0.2) is 26.1 Å². The summed E-state index contributed by atoms with van der Waals surface area (Å²) in [6, 6.07) is 18.4. The third kappa shape index (κ3) is 3.30. The van der Waals surface area contributed by atoms with Gasteiger partial charge >= 0.3 is 0 Å². The van der Waals surface area contributed by atoms with Gasteiger partial charge in [0.1, 0.15) is 5.01 Å². The molecule has 3 aromatic heterocycles. The topological polar surface area (TPSA) is 64.8 Å². The van der Waals surface area contributed by atoms with Crippen molar-refractivity contribution in [1.29, 1.82) is 0 Å². The zero-order valence-electron chi connectivity index (χ0n) is 17.3. The Morgan fingerprint density at radius 2 is 1.59 bits per heavy atom. The van der Waals surface area contributed by atoms with Crippen LogP contribution in [-0.2, 0) is 0 Å². The lowest BCUT2D eigenvalue weighted by Crippen LogP contribution is -2.03. The van der Waals surface area contributed by atoms with Crippen molar-refractivity contribution < 1.29 is 9.59 Å². The lowest BCUT2D eigenvalue weighted by atomic mass is 10.1. The van der Waals surface area contributed by atoms with Crippen molar-refractivity contribution in [2.45, 2.75) is 0 Å². The zero-order chi connectivity index (χ0) is 23.4. The molecule has 1 aliphatic carbocycles. The average Bonchev–Trinajstić information content (AvgIpc) is 3.47. The van der Waals surface area contributed by atoms with Gasteiger partial charge < -0.3 is 0 Å². The molecular formula is C26H13Cl2N3O2S. The molecule has 5 nitrogen and oxygen atoms in total. The molecule has 0 saturated heterocycles. The number of halogens is 2. The van der Waals surface area contributed by atoms with E-state index in [9.17, 15) is 9.59 Å². The van der Waals surface area contributed by atoms with E-state index in [1.54, 1.807) is 18.5 Å². The predicted molar refractivity (Wildman–Crippen MR) is 135 cm³/mol. The number of benzene rings is 2. The minimum absolute atomic E-state index is 0.0724. The molecule has 0 bridgehead atoms. The summed E-state index contributed by atoms with van der Waals surface area (Å²) in [6.07, 6.45) is 5.12. The zero-order valence-corrected chi connectivity index (χ0v) is 19.7. The minimum atomic E-state index is -0.369. The van der Waals surface area contributed by atoms with E-state index in [0.29, 0.717) is 5.69 Å². The Kier molecular flexibility index (Phi) is 4.95. The van der Waals surface area contributed by atoms with Gasteiger partial charge in [0.2, 0.25) is 0 Å². The molecule has 2 aromatic carbocycles. The van der Waals surface area contributed by atoms with Gasteiger partial charge in [0.15, 0.2) is 17.2 Å². The van der Waals surface area contributed by atoms with Crippen molar-refractivity contribution in [3.63, 3.8) is 0 Å². The highest BCUT2D eigenvalue weighted by atomic mass is 35.5. The van der Waals surface area contributed by atoms with E-state index in [1.165, 1.54) is 23.5 Å². The van der Waals surface area contributed by atoms with Crippen molar-refractivity contribution in [1.82, 2.24) is 14.5 Å². The molecule has 0 amide bonds. The van der Waals surface area contributed by atoms with Gasteiger partial charge in [-0.1, -0.05) is 41.4 Å². The molecular weight excluding hydrogens is 489 g/mol. The van der Waals surface area contributed by atoms with Gasteiger partial charge in [0.25, 0.3) is 0 Å². The molecule has 0 atom stereocenters. The first-order chi connectivity index (χ1) is 16.5. The standard InChI is InChI=1S/C26H13Cl2N3O2S/c27-20-11-17-18(12-21(20)28)24(33)19(23(17)32)9-16-10-22-25(31(16)15-6-2-1-3-7-15)30-26(34-22)14-5-4-8-29-13-14/h1-13H. The molecule has 0 N–H and O–H groups in total. The smallest absolute Gasteiger partial charge is 0.197 e. The SMILES string of the molecule is O=C1C(=Cc2cc3sc(-c4cccnc4)nc3n2-c2ccccc2)C(=O)c2cc(Cl)c(Cl)cc21. The maximum Gasteiger partial charge on any atom is 0.197 e. The van der Waals surface area contributed by atoms with Gasteiger partial charge in [-0.15, -0.1) is 11.3 Å². The number of fused-ring (bicyclic) bond motifs is 2. The number of nitrogens with zero attached hydrogens (tertiary/aromatic N) is 3. The highest BCUT2D eigenvalue weighted by Gasteiger charge is 2.34. The lowest BCUT2D eigenvalue weighted by Gasteiger charge is -2.07. The summed E-state index contributed by atoms with van der Waals surface area (Å²) >= 11 is 13.7. The Morgan fingerprint density at radius 3 is 2.24 bits per heavy atom. The quantitative estimate of drug-likeness (QED) is 0.199. The van der Waals surface area contributed by atoms with E-state index >= 15 is 0 Å². The van der Waals surface area contributed by atoms with Crippen molar-refractivity contribution in [3.05, 3.63) is 105 Å². The van der Waals surface area contributed by atoms with Crippen LogP contribution in [0.1, 0.15) is 26.4 Å². The van der Waals surface area contributed by atoms with Crippen LogP contribution >= 0.6 is 34.5 Å². The largest absolute Gasteiger partial charge is 0.294 e. The predicted octanol–water partition coefficient (Wildman–Crippen LogP) is 6.92. The first-order valence-corrected chi connectivity index (χ1v) is 11.9. The second-order valence-corrected chi connectivity index (χ2v) is 9.56. The highest BCUT2D eigenvalue weighted by molar-refractivity contribution is 7.21. The minimum Gasteiger partial charge on any atom is -0.294 e. The summed E-state index contributed by atoms with van der Waals surface area (Å²) in [5.41, 5.74) is 3.82. The van der Waals surface area contributed by atoms with Gasteiger partial charge in [-0.2, -0.15) is 0 Å². The molecule has 8 heteroatoms. The molecule has 1 aliphatic rings.